The van der Waals surface area contributed by atoms with E-state index in [-0.39, 0.29) is 18.4 Å². The molecule has 1 aliphatic rings. The number of carbonyl (C=O) groups is 2. The Labute approximate surface area is 198 Å². The lowest BCUT2D eigenvalue weighted by Gasteiger charge is -2.13. The minimum atomic E-state index is -0.271. The van der Waals surface area contributed by atoms with Crippen LogP contribution in [0.4, 0.5) is 11.4 Å². The van der Waals surface area contributed by atoms with E-state index in [1.165, 1.54) is 12.1 Å². The van der Waals surface area contributed by atoms with Gasteiger partial charge in [0.05, 0.1) is 24.1 Å². The molecule has 4 rings (SSSR count). The summed E-state index contributed by atoms with van der Waals surface area (Å²) in [7, 11) is 1.52. The SMILES string of the molecule is COc1cc(/C=C2/C(=O)N(c3ccccc3)N=C2C)ccc1OCC(=O)Nc1ccccc1C. The molecule has 0 aliphatic carbocycles. The van der Waals surface area contributed by atoms with Gasteiger partial charge in [0.1, 0.15) is 0 Å². The molecule has 0 fully saturated rings. The highest BCUT2D eigenvalue weighted by Gasteiger charge is 2.28. The third-order valence-corrected chi connectivity index (χ3v) is 5.34. The maximum atomic E-state index is 12.9. The van der Waals surface area contributed by atoms with Gasteiger partial charge in [-0.3, -0.25) is 9.59 Å². The highest BCUT2D eigenvalue weighted by atomic mass is 16.5. The number of methoxy groups -OCH3 is 1. The van der Waals surface area contributed by atoms with Crippen LogP contribution in [0.1, 0.15) is 18.1 Å². The molecule has 3 aromatic rings. The lowest BCUT2D eigenvalue weighted by molar-refractivity contribution is -0.118. The van der Waals surface area contributed by atoms with E-state index in [4.69, 9.17) is 9.47 Å². The topological polar surface area (TPSA) is 80.2 Å². The van der Waals surface area contributed by atoms with Crippen LogP contribution in [0.15, 0.2) is 83.5 Å². The lowest BCUT2D eigenvalue weighted by atomic mass is 10.1. The minimum Gasteiger partial charge on any atom is -0.493 e. The zero-order chi connectivity index (χ0) is 24.1. The van der Waals surface area contributed by atoms with Crippen molar-refractivity contribution in [2.75, 3.05) is 24.0 Å². The molecule has 7 nitrogen and oxygen atoms in total. The van der Waals surface area contributed by atoms with Crippen molar-refractivity contribution >= 4 is 35.0 Å². The average Bonchev–Trinajstić information content (AvgIpc) is 3.13. The van der Waals surface area contributed by atoms with E-state index in [1.54, 1.807) is 31.2 Å². The van der Waals surface area contributed by atoms with Crippen LogP contribution in [0, 0.1) is 6.92 Å². The molecular formula is C27H25N3O4. The first-order valence-corrected chi connectivity index (χ1v) is 10.8. The number of nitrogens with one attached hydrogen (secondary N) is 1. The zero-order valence-corrected chi connectivity index (χ0v) is 19.2. The smallest absolute Gasteiger partial charge is 0.280 e. The zero-order valence-electron chi connectivity index (χ0n) is 19.2. The Kier molecular flexibility index (Phi) is 6.73. The van der Waals surface area contributed by atoms with Crippen LogP contribution < -0.4 is 19.8 Å². The fourth-order valence-corrected chi connectivity index (χ4v) is 3.53. The highest BCUT2D eigenvalue weighted by molar-refractivity contribution is 6.32. The van der Waals surface area contributed by atoms with Crippen molar-refractivity contribution in [2.24, 2.45) is 5.10 Å². The molecule has 0 saturated heterocycles. The molecule has 0 saturated carbocycles. The van der Waals surface area contributed by atoms with E-state index < -0.39 is 0 Å². The first-order chi connectivity index (χ1) is 16.5. The number of anilines is 2. The molecule has 1 N–H and O–H groups in total. The number of nitrogens with zero attached hydrogens (tertiary/aromatic N) is 2. The van der Waals surface area contributed by atoms with Crippen molar-refractivity contribution < 1.29 is 19.1 Å². The summed E-state index contributed by atoms with van der Waals surface area (Å²) in [5.41, 5.74) is 4.30. The molecule has 0 radical (unpaired) electrons. The van der Waals surface area contributed by atoms with Crippen LogP contribution >= 0.6 is 0 Å². The quantitative estimate of drug-likeness (QED) is 0.518. The van der Waals surface area contributed by atoms with Crippen LogP contribution in [0.25, 0.3) is 6.08 Å². The molecule has 0 bridgehead atoms. The van der Waals surface area contributed by atoms with Crippen LogP contribution in [0.5, 0.6) is 11.5 Å². The average molecular weight is 456 g/mol. The maximum Gasteiger partial charge on any atom is 0.280 e. The van der Waals surface area contributed by atoms with Gasteiger partial charge in [0, 0.05) is 5.69 Å². The summed E-state index contributed by atoms with van der Waals surface area (Å²) in [6.45, 7) is 3.56. The predicted octanol–water partition coefficient (Wildman–Crippen LogP) is 4.83. The van der Waals surface area contributed by atoms with E-state index >= 15 is 0 Å². The van der Waals surface area contributed by atoms with Crippen LogP contribution in [-0.2, 0) is 9.59 Å². The third kappa shape index (κ3) is 4.99. The largest absolute Gasteiger partial charge is 0.493 e. The second kappa shape index (κ2) is 10.0. The molecule has 0 aromatic heterocycles. The molecule has 2 amide bonds. The van der Waals surface area contributed by atoms with Gasteiger partial charge in [0.2, 0.25) is 0 Å². The van der Waals surface area contributed by atoms with Gasteiger partial charge >= 0.3 is 0 Å². The van der Waals surface area contributed by atoms with E-state index in [9.17, 15) is 9.59 Å². The molecule has 1 heterocycles. The van der Waals surface area contributed by atoms with Crippen molar-refractivity contribution in [3.8, 4) is 11.5 Å². The molecular weight excluding hydrogens is 430 g/mol. The summed E-state index contributed by atoms with van der Waals surface area (Å²) in [6, 6.07) is 22.1. The van der Waals surface area contributed by atoms with Gasteiger partial charge in [-0.05, 0) is 61.4 Å². The summed E-state index contributed by atoms with van der Waals surface area (Å²) >= 11 is 0. The van der Waals surface area contributed by atoms with Crippen molar-refractivity contribution in [3.63, 3.8) is 0 Å². The van der Waals surface area contributed by atoms with Gasteiger partial charge in [-0.1, -0.05) is 42.5 Å². The predicted molar refractivity (Wildman–Crippen MR) is 133 cm³/mol. The second-order valence-corrected chi connectivity index (χ2v) is 7.76. The molecule has 0 spiro atoms. The van der Waals surface area contributed by atoms with Gasteiger partial charge < -0.3 is 14.8 Å². The first-order valence-electron chi connectivity index (χ1n) is 10.8. The number of hydrazone groups is 1. The number of benzene rings is 3. The van der Waals surface area contributed by atoms with Crippen molar-refractivity contribution in [2.45, 2.75) is 13.8 Å². The van der Waals surface area contributed by atoms with E-state index in [0.29, 0.717) is 28.5 Å². The van der Waals surface area contributed by atoms with Crippen molar-refractivity contribution in [3.05, 3.63) is 89.5 Å². The Hall–Kier alpha value is -4.39. The summed E-state index contributed by atoms with van der Waals surface area (Å²) in [5.74, 6) is 0.416. The summed E-state index contributed by atoms with van der Waals surface area (Å²) in [4.78, 5) is 25.2. The van der Waals surface area contributed by atoms with Crippen molar-refractivity contribution in [1.82, 2.24) is 0 Å². The number of para-hydroxylation sites is 2. The monoisotopic (exact) mass is 455 g/mol. The van der Waals surface area contributed by atoms with Gasteiger partial charge in [-0.25, -0.2) is 0 Å². The van der Waals surface area contributed by atoms with Gasteiger partial charge in [0.25, 0.3) is 11.8 Å². The normalized spacial score (nSPS) is 14.2. The van der Waals surface area contributed by atoms with Crippen molar-refractivity contribution in [1.29, 1.82) is 0 Å². The second-order valence-electron chi connectivity index (χ2n) is 7.76. The van der Waals surface area contributed by atoms with Gasteiger partial charge in [-0.15, -0.1) is 0 Å². The summed E-state index contributed by atoms with van der Waals surface area (Å²) in [6.07, 6.45) is 1.77. The molecule has 0 unspecified atom stereocenters. The number of hydrogen-bond donors (Lipinski definition) is 1. The van der Waals surface area contributed by atoms with E-state index in [0.717, 1.165) is 16.8 Å². The molecule has 7 heteroatoms. The number of carbonyl (C=O) groups excluding carboxylic acids is 2. The Morgan fingerprint density at radius 3 is 2.47 bits per heavy atom. The van der Waals surface area contributed by atoms with Crippen LogP contribution in [0.3, 0.4) is 0 Å². The van der Waals surface area contributed by atoms with E-state index in [1.807, 2.05) is 61.5 Å². The standard InChI is InChI=1S/C27H25N3O4/c1-18-9-7-8-12-23(18)28-26(31)17-34-24-14-13-20(16-25(24)33-3)15-22-19(2)29-30(27(22)32)21-10-5-4-6-11-21/h4-16H,17H2,1-3H3,(H,28,31)/b22-15+. The Balaban J connectivity index is 1.46. The fraction of sp³-hybridized carbons (Fsp3) is 0.148. The van der Waals surface area contributed by atoms with E-state index in [2.05, 4.69) is 10.4 Å². The first kappa shape index (κ1) is 22.8. The third-order valence-electron chi connectivity index (χ3n) is 5.34. The molecule has 3 aromatic carbocycles. The Morgan fingerprint density at radius 2 is 1.74 bits per heavy atom. The van der Waals surface area contributed by atoms with Gasteiger partial charge in [0.15, 0.2) is 18.1 Å². The Bertz CT molecular complexity index is 1280. The molecule has 1 aliphatic heterocycles. The number of amides is 2. The summed E-state index contributed by atoms with van der Waals surface area (Å²) < 4.78 is 11.1. The summed E-state index contributed by atoms with van der Waals surface area (Å²) in [5, 5.41) is 8.63. The molecule has 0 atom stereocenters. The van der Waals surface area contributed by atoms with Crippen LogP contribution in [-0.4, -0.2) is 31.2 Å². The number of hydrogen-bond acceptors (Lipinski definition) is 5. The lowest BCUT2D eigenvalue weighted by Crippen LogP contribution is -2.21. The molecule has 172 valence electrons. The maximum absolute atomic E-state index is 12.9. The Morgan fingerprint density at radius 1 is 1.00 bits per heavy atom. The number of aryl methyl sites for hydroxylation is 1. The molecule has 34 heavy (non-hydrogen) atoms. The fourth-order valence-electron chi connectivity index (χ4n) is 3.53. The highest BCUT2D eigenvalue weighted by Crippen LogP contribution is 2.30. The van der Waals surface area contributed by atoms with Crippen LogP contribution in [0.2, 0.25) is 0 Å². The van der Waals surface area contributed by atoms with Gasteiger partial charge in [-0.2, -0.15) is 10.1 Å². The number of ether oxygens (including phenoxy) is 2. The number of rotatable bonds is 7. The minimum absolute atomic E-state index is 0.165.